The second-order valence-corrected chi connectivity index (χ2v) is 15.1. The first kappa shape index (κ1) is 36.4. The molecule has 1 aliphatic carbocycles. The van der Waals surface area contributed by atoms with E-state index in [0.717, 1.165) is 18.5 Å². The number of nitrogens with zero attached hydrogens (tertiary/aromatic N) is 1. The number of hydrogen-bond donors (Lipinski definition) is 0. The maximum atomic E-state index is 2.43. The van der Waals surface area contributed by atoms with Crippen molar-refractivity contribution in [3.63, 3.8) is 0 Å². The van der Waals surface area contributed by atoms with E-state index in [1.54, 1.807) is 0 Å². The van der Waals surface area contributed by atoms with E-state index in [1.165, 1.54) is 94.9 Å². The molecule has 0 atom stereocenters. The van der Waals surface area contributed by atoms with Crippen molar-refractivity contribution in [3.8, 4) is 0 Å². The minimum atomic E-state index is 0.941. The molecule has 0 fully saturated rings. The zero-order valence-electron chi connectivity index (χ0n) is 32.9. The molecule has 0 radical (unpaired) electrons. The van der Waals surface area contributed by atoms with Crippen molar-refractivity contribution in [3.05, 3.63) is 230 Å². The molecular weight excluding hydrogens is 651 g/mol. The van der Waals surface area contributed by atoms with Crippen LogP contribution in [0.1, 0.15) is 79.6 Å². The minimum Gasteiger partial charge on any atom is -0.314 e. The van der Waals surface area contributed by atoms with Crippen molar-refractivity contribution >= 4 is 28.6 Å². The van der Waals surface area contributed by atoms with Gasteiger partial charge in [-0.2, -0.15) is 0 Å². The Bertz CT molecular complexity index is 2400. The molecule has 0 spiro atoms. The number of benzene rings is 6. The van der Waals surface area contributed by atoms with Gasteiger partial charge in [0.1, 0.15) is 0 Å². The smallest absolute Gasteiger partial charge is 0.0458 e. The second kappa shape index (κ2) is 16.0. The van der Waals surface area contributed by atoms with Crippen LogP contribution in [0.3, 0.4) is 0 Å². The van der Waals surface area contributed by atoms with Gasteiger partial charge in [-0.15, -0.1) is 0 Å². The molecule has 0 heterocycles. The van der Waals surface area contributed by atoms with Crippen LogP contribution in [0.4, 0.5) is 11.4 Å². The van der Waals surface area contributed by atoms with Gasteiger partial charge < -0.3 is 4.90 Å². The Morgan fingerprint density at radius 1 is 0.407 bits per heavy atom. The summed E-state index contributed by atoms with van der Waals surface area (Å²) >= 11 is 0. The topological polar surface area (TPSA) is 3.24 Å². The van der Waals surface area contributed by atoms with Crippen LogP contribution in [0.5, 0.6) is 0 Å². The first-order chi connectivity index (χ1) is 26.1. The molecule has 0 N–H and O–H groups in total. The SMILES string of the molecule is Cc1ccc(C(=CC2=CC=C(N(c3ccc(C)cc3)c3ccc(C=C(c4ccc(C)cc4)c4ccc(C)c(C)c4)cc3)CC2)c2ccc(C)c(C)c2)cc1. The first-order valence-electron chi connectivity index (χ1n) is 19.2. The molecule has 7 rings (SSSR count). The standard InChI is InChI=1S/C53H51N/c1-36-8-20-45(21-9-36)52(47-24-14-39(4)41(6)32-47)34-43-16-28-50(29-17-43)54(49-26-12-38(3)13-27-49)51-30-18-44(19-31-51)35-53(46-22-10-37(2)11-23-46)48-25-15-40(5)42(7)33-48/h8-18,20-30,32-35H,19,31H2,1-7H3. The van der Waals surface area contributed by atoms with Crippen LogP contribution in [-0.2, 0) is 0 Å². The summed E-state index contributed by atoms with van der Waals surface area (Å²) in [6.45, 7) is 15.2. The third-order valence-corrected chi connectivity index (χ3v) is 10.9. The van der Waals surface area contributed by atoms with Crippen molar-refractivity contribution in [2.75, 3.05) is 4.90 Å². The van der Waals surface area contributed by atoms with Gasteiger partial charge in [0, 0.05) is 17.1 Å². The predicted molar refractivity (Wildman–Crippen MR) is 233 cm³/mol. The van der Waals surface area contributed by atoms with E-state index in [0.29, 0.717) is 0 Å². The summed E-state index contributed by atoms with van der Waals surface area (Å²) in [7, 11) is 0. The quantitative estimate of drug-likeness (QED) is 0.136. The molecule has 1 heteroatoms. The summed E-state index contributed by atoms with van der Waals surface area (Å²) in [5, 5.41) is 0. The van der Waals surface area contributed by atoms with Crippen LogP contribution < -0.4 is 4.90 Å². The molecule has 0 unspecified atom stereocenters. The van der Waals surface area contributed by atoms with Crippen LogP contribution in [0, 0.1) is 48.5 Å². The fraction of sp³-hybridized carbons (Fsp3) is 0.170. The zero-order valence-corrected chi connectivity index (χ0v) is 32.9. The highest BCUT2D eigenvalue weighted by molar-refractivity contribution is 5.92. The molecule has 6 aromatic carbocycles. The monoisotopic (exact) mass is 701 g/mol. The lowest BCUT2D eigenvalue weighted by Gasteiger charge is -2.30. The fourth-order valence-electron chi connectivity index (χ4n) is 7.15. The van der Waals surface area contributed by atoms with Crippen molar-refractivity contribution in [1.29, 1.82) is 0 Å². The van der Waals surface area contributed by atoms with Crippen molar-refractivity contribution < 1.29 is 0 Å². The summed E-state index contributed by atoms with van der Waals surface area (Å²) in [6, 6.07) is 49.4. The molecule has 6 aromatic rings. The second-order valence-electron chi connectivity index (χ2n) is 15.1. The number of allylic oxidation sites excluding steroid dienone is 5. The molecule has 0 aliphatic heterocycles. The predicted octanol–water partition coefficient (Wildman–Crippen LogP) is 14.3. The molecule has 0 aromatic heterocycles. The van der Waals surface area contributed by atoms with Crippen LogP contribution >= 0.6 is 0 Å². The molecule has 1 aliphatic rings. The molecule has 0 bridgehead atoms. The summed E-state index contributed by atoms with van der Waals surface area (Å²) < 4.78 is 0. The van der Waals surface area contributed by atoms with Crippen molar-refractivity contribution in [2.24, 2.45) is 0 Å². The Balaban J connectivity index is 1.25. The van der Waals surface area contributed by atoms with Gasteiger partial charge in [0.25, 0.3) is 0 Å². The maximum Gasteiger partial charge on any atom is 0.0458 e. The van der Waals surface area contributed by atoms with E-state index in [2.05, 4.69) is 211 Å². The number of anilines is 2. The Morgan fingerprint density at radius 3 is 1.28 bits per heavy atom. The fourth-order valence-corrected chi connectivity index (χ4v) is 7.15. The van der Waals surface area contributed by atoms with E-state index in [4.69, 9.17) is 0 Å². The lowest BCUT2D eigenvalue weighted by Crippen LogP contribution is -2.17. The highest BCUT2D eigenvalue weighted by atomic mass is 15.1. The van der Waals surface area contributed by atoms with E-state index < -0.39 is 0 Å². The Kier molecular flexibility index (Phi) is 10.8. The van der Waals surface area contributed by atoms with Gasteiger partial charge >= 0.3 is 0 Å². The third-order valence-electron chi connectivity index (χ3n) is 10.9. The largest absolute Gasteiger partial charge is 0.314 e. The van der Waals surface area contributed by atoms with Gasteiger partial charge in [0.2, 0.25) is 0 Å². The molecule has 268 valence electrons. The summed E-state index contributed by atoms with van der Waals surface area (Å²) in [5.41, 5.74) is 22.7. The summed E-state index contributed by atoms with van der Waals surface area (Å²) in [4.78, 5) is 2.43. The van der Waals surface area contributed by atoms with E-state index >= 15 is 0 Å². The highest BCUT2D eigenvalue weighted by Crippen LogP contribution is 2.37. The molecule has 0 amide bonds. The normalized spacial score (nSPS) is 13.4. The Labute approximate surface area is 323 Å². The molecule has 0 saturated heterocycles. The summed E-state index contributed by atoms with van der Waals surface area (Å²) in [6.07, 6.45) is 11.3. The number of rotatable bonds is 9. The van der Waals surface area contributed by atoms with Gasteiger partial charge in [-0.1, -0.05) is 138 Å². The average molecular weight is 702 g/mol. The Morgan fingerprint density at radius 2 is 0.833 bits per heavy atom. The van der Waals surface area contributed by atoms with Gasteiger partial charge in [0.05, 0.1) is 0 Å². The van der Waals surface area contributed by atoms with Gasteiger partial charge in [-0.25, -0.2) is 0 Å². The summed E-state index contributed by atoms with van der Waals surface area (Å²) in [5.74, 6) is 0. The van der Waals surface area contributed by atoms with Crippen LogP contribution in [0.15, 0.2) is 163 Å². The van der Waals surface area contributed by atoms with Gasteiger partial charge in [-0.05, 0) is 165 Å². The third kappa shape index (κ3) is 8.32. The molecule has 0 saturated carbocycles. The zero-order chi connectivity index (χ0) is 37.8. The minimum absolute atomic E-state index is 0.941. The Hall–Kier alpha value is -5.92. The first-order valence-corrected chi connectivity index (χ1v) is 19.2. The van der Waals surface area contributed by atoms with Crippen LogP contribution in [0.25, 0.3) is 17.2 Å². The molecule has 1 nitrogen and oxygen atoms in total. The lowest BCUT2D eigenvalue weighted by molar-refractivity contribution is 0.892. The molecule has 54 heavy (non-hydrogen) atoms. The van der Waals surface area contributed by atoms with Crippen LogP contribution in [-0.4, -0.2) is 0 Å². The van der Waals surface area contributed by atoms with Crippen molar-refractivity contribution in [2.45, 2.75) is 61.3 Å². The maximum absolute atomic E-state index is 2.43. The van der Waals surface area contributed by atoms with Crippen LogP contribution in [0.2, 0.25) is 0 Å². The molecular formula is C53H51N. The number of aryl methyl sites for hydroxylation is 7. The highest BCUT2D eigenvalue weighted by Gasteiger charge is 2.18. The average Bonchev–Trinajstić information content (AvgIpc) is 3.18. The van der Waals surface area contributed by atoms with E-state index in [9.17, 15) is 0 Å². The lowest BCUT2D eigenvalue weighted by atomic mass is 9.91. The van der Waals surface area contributed by atoms with E-state index in [1.807, 2.05) is 0 Å². The van der Waals surface area contributed by atoms with Gasteiger partial charge in [0.15, 0.2) is 0 Å². The number of hydrogen-bond acceptors (Lipinski definition) is 1. The van der Waals surface area contributed by atoms with E-state index in [-0.39, 0.29) is 0 Å². The van der Waals surface area contributed by atoms with Gasteiger partial charge in [-0.3, -0.25) is 0 Å². The van der Waals surface area contributed by atoms with Crippen molar-refractivity contribution in [1.82, 2.24) is 0 Å².